The van der Waals surface area contributed by atoms with Crippen LogP contribution in [0.25, 0.3) is 0 Å². The van der Waals surface area contributed by atoms with Crippen LogP contribution in [-0.2, 0) is 11.3 Å². The van der Waals surface area contributed by atoms with Gasteiger partial charge in [-0.05, 0) is 41.8 Å². The highest BCUT2D eigenvalue weighted by molar-refractivity contribution is 5.92. The van der Waals surface area contributed by atoms with E-state index in [1.165, 1.54) is 5.56 Å². The molecule has 0 bridgehead atoms. The van der Waals surface area contributed by atoms with Crippen molar-refractivity contribution in [1.82, 2.24) is 5.32 Å². The first-order valence-corrected chi connectivity index (χ1v) is 8.41. The Hall–Kier alpha value is -2.04. The lowest BCUT2D eigenvalue weighted by atomic mass is 10.0. The van der Waals surface area contributed by atoms with Crippen molar-refractivity contribution in [2.75, 3.05) is 18.5 Å². The quantitative estimate of drug-likeness (QED) is 0.733. The summed E-state index contributed by atoms with van der Waals surface area (Å²) in [6, 6.07) is 15.7. The van der Waals surface area contributed by atoms with E-state index in [0.717, 1.165) is 30.1 Å². The topological polar surface area (TPSA) is 50.4 Å². The summed E-state index contributed by atoms with van der Waals surface area (Å²) in [6.07, 6.45) is 0. The SMILES string of the molecule is CCNCc1ccccc1NC(=O)COc1cccc(C(C)C)c1.Cl. The van der Waals surface area contributed by atoms with Gasteiger partial charge in [-0.25, -0.2) is 0 Å². The van der Waals surface area contributed by atoms with Crippen LogP contribution >= 0.6 is 12.4 Å². The van der Waals surface area contributed by atoms with Gasteiger partial charge in [0.05, 0.1) is 0 Å². The molecule has 0 saturated carbocycles. The van der Waals surface area contributed by atoms with Gasteiger partial charge in [-0.1, -0.05) is 51.1 Å². The number of hydrogen-bond donors (Lipinski definition) is 2. The number of carbonyl (C=O) groups excluding carboxylic acids is 1. The van der Waals surface area contributed by atoms with Crippen LogP contribution in [0.2, 0.25) is 0 Å². The van der Waals surface area contributed by atoms with Crippen LogP contribution < -0.4 is 15.4 Å². The summed E-state index contributed by atoms with van der Waals surface area (Å²) < 4.78 is 5.62. The number of benzene rings is 2. The number of rotatable bonds is 8. The van der Waals surface area contributed by atoms with Crippen molar-refractivity contribution < 1.29 is 9.53 Å². The fourth-order valence-corrected chi connectivity index (χ4v) is 2.35. The molecule has 0 saturated heterocycles. The van der Waals surface area contributed by atoms with Crippen LogP contribution in [0.1, 0.15) is 37.8 Å². The molecule has 2 aromatic rings. The highest BCUT2D eigenvalue weighted by Gasteiger charge is 2.08. The number of anilines is 1. The molecule has 5 heteroatoms. The van der Waals surface area contributed by atoms with Crippen molar-refractivity contribution >= 4 is 24.0 Å². The van der Waals surface area contributed by atoms with Crippen LogP contribution in [0.3, 0.4) is 0 Å². The molecule has 0 fully saturated rings. The van der Waals surface area contributed by atoms with Gasteiger partial charge in [0.1, 0.15) is 5.75 Å². The third-order valence-electron chi connectivity index (χ3n) is 3.75. The van der Waals surface area contributed by atoms with E-state index >= 15 is 0 Å². The Balaban J connectivity index is 0.00000312. The lowest BCUT2D eigenvalue weighted by molar-refractivity contribution is -0.118. The molecule has 0 aliphatic carbocycles. The molecule has 0 aromatic heterocycles. The van der Waals surface area contributed by atoms with Crippen LogP contribution in [0.15, 0.2) is 48.5 Å². The molecule has 2 N–H and O–H groups in total. The molecule has 136 valence electrons. The van der Waals surface area contributed by atoms with Gasteiger partial charge < -0.3 is 15.4 Å². The Labute approximate surface area is 156 Å². The summed E-state index contributed by atoms with van der Waals surface area (Å²) in [5.74, 6) is 0.992. The van der Waals surface area contributed by atoms with Gasteiger partial charge in [0, 0.05) is 12.2 Å². The highest BCUT2D eigenvalue weighted by Crippen LogP contribution is 2.20. The highest BCUT2D eigenvalue weighted by atomic mass is 35.5. The number of nitrogens with one attached hydrogen (secondary N) is 2. The third kappa shape index (κ3) is 6.77. The van der Waals surface area contributed by atoms with E-state index in [-0.39, 0.29) is 24.9 Å². The molecule has 1 amide bonds. The predicted molar refractivity (Wildman–Crippen MR) is 106 cm³/mol. The largest absolute Gasteiger partial charge is 0.484 e. The van der Waals surface area contributed by atoms with Gasteiger partial charge in [0.25, 0.3) is 5.91 Å². The van der Waals surface area contributed by atoms with Gasteiger partial charge >= 0.3 is 0 Å². The van der Waals surface area contributed by atoms with Crippen molar-refractivity contribution in [3.63, 3.8) is 0 Å². The third-order valence-corrected chi connectivity index (χ3v) is 3.75. The number of ether oxygens (including phenoxy) is 1. The summed E-state index contributed by atoms with van der Waals surface area (Å²) in [5, 5.41) is 6.19. The summed E-state index contributed by atoms with van der Waals surface area (Å²) in [5.41, 5.74) is 3.08. The molecule has 25 heavy (non-hydrogen) atoms. The summed E-state index contributed by atoms with van der Waals surface area (Å²) in [7, 11) is 0. The Morgan fingerprint density at radius 3 is 2.60 bits per heavy atom. The maximum absolute atomic E-state index is 12.2. The van der Waals surface area contributed by atoms with E-state index in [2.05, 4.69) is 37.5 Å². The molecule has 2 aromatic carbocycles. The molecule has 0 radical (unpaired) electrons. The van der Waals surface area contributed by atoms with Crippen molar-refractivity contribution in [2.45, 2.75) is 33.2 Å². The van der Waals surface area contributed by atoms with Gasteiger partial charge in [-0.3, -0.25) is 4.79 Å². The molecule has 0 aliphatic heterocycles. The Morgan fingerprint density at radius 2 is 1.88 bits per heavy atom. The van der Waals surface area contributed by atoms with Crippen molar-refractivity contribution in [3.05, 3.63) is 59.7 Å². The second kappa shape index (κ2) is 10.7. The second-order valence-corrected chi connectivity index (χ2v) is 6.00. The zero-order valence-electron chi connectivity index (χ0n) is 15.0. The van der Waals surface area contributed by atoms with E-state index in [4.69, 9.17) is 4.74 Å². The molecule has 0 unspecified atom stereocenters. The fraction of sp³-hybridized carbons (Fsp3) is 0.350. The average Bonchev–Trinajstić information content (AvgIpc) is 2.59. The van der Waals surface area contributed by atoms with Crippen LogP contribution in [0, 0.1) is 0 Å². The summed E-state index contributed by atoms with van der Waals surface area (Å²) >= 11 is 0. The molecule has 0 atom stereocenters. The number of para-hydroxylation sites is 1. The maximum Gasteiger partial charge on any atom is 0.262 e. The fourth-order valence-electron chi connectivity index (χ4n) is 2.35. The number of halogens is 1. The summed E-state index contributed by atoms with van der Waals surface area (Å²) in [4.78, 5) is 12.2. The van der Waals surface area contributed by atoms with Crippen molar-refractivity contribution in [3.8, 4) is 5.75 Å². The Bertz CT molecular complexity index is 674. The van der Waals surface area contributed by atoms with Gasteiger partial charge in [-0.2, -0.15) is 0 Å². The number of amides is 1. The summed E-state index contributed by atoms with van der Waals surface area (Å²) in [6.45, 7) is 7.93. The first-order valence-electron chi connectivity index (χ1n) is 8.41. The van der Waals surface area contributed by atoms with Crippen molar-refractivity contribution in [2.24, 2.45) is 0 Å². The zero-order valence-corrected chi connectivity index (χ0v) is 15.9. The lowest BCUT2D eigenvalue weighted by Crippen LogP contribution is -2.22. The Kier molecular flexibility index (Phi) is 9.03. The maximum atomic E-state index is 12.2. The normalized spacial score (nSPS) is 10.2. The average molecular weight is 363 g/mol. The predicted octanol–water partition coefficient (Wildman–Crippen LogP) is 4.36. The monoisotopic (exact) mass is 362 g/mol. The van der Waals surface area contributed by atoms with Gasteiger partial charge in [0.15, 0.2) is 6.61 Å². The van der Waals surface area contributed by atoms with Gasteiger partial charge in [-0.15, -0.1) is 12.4 Å². The zero-order chi connectivity index (χ0) is 17.4. The van der Waals surface area contributed by atoms with E-state index in [9.17, 15) is 4.79 Å². The first-order chi connectivity index (χ1) is 11.6. The van der Waals surface area contributed by atoms with Crippen LogP contribution in [0.5, 0.6) is 5.75 Å². The van der Waals surface area contributed by atoms with E-state index in [0.29, 0.717) is 5.92 Å². The second-order valence-electron chi connectivity index (χ2n) is 6.00. The van der Waals surface area contributed by atoms with E-state index < -0.39 is 0 Å². The molecule has 0 aliphatic rings. The number of hydrogen-bond acceptors (Lipinski definition) is 3. The molecule has 2 rings (SSSR count). The van der Waals surface area contributed by atoms with Crippen LogP contribution in [-0.4, -0.2) is 19.1 Å². The molecule has 4 nitrogen and oxygen atoms in total. The van der Waals surface area contributed by atoms with E-state index in [1.807, 2.05) is 42.5 Å². The van der Waals surface area contributed by atoms with E-state index in [1.54, 1.807) is 0 Å². The Morgan fingerprint density at radius 1 is 1.12 bits per heavy atom. The minimum atomic E-state index is -0.158. The molecule has 0 spiro atoms. The first kappa shape index (κ1) is 21.0. The molecule has 0 heterocycles. The van der Waals surface area contributed by atoms with Gasteiger partial charge in [0.2, 0.25) is 0 Å². The lowest BCUT2D eigenvalue weighted by Gasteiger charge is -2.13. The minimum absolute atomic E-state index is 0. The molecular formula is C20H27ClN2O2. The van der Waals surface area contributed by atoms with Crippen molar-refractivity contribution in [1.29, 1.82) is 0 Å². The van der Waals surface area contributed by atoms with Crippen LogP contribution in [0.4, 0.5) is 5.69 Å². The molecular weight excluding hydrogens is 336 g/mol. The smallest absolute Gasteiger partial charge is 0.262 e. The minimum Gasteiger partial charge on any atom is -0.484 e. The standard InChI is InChI=1S/C20H26N2O2.ClH/c1-4-21-13-17-8-5-6-11-19(17)22-20(23)14-24-18-10-7-9-16(12-18)15(2)3;/h5-12,15,21H,4,13-14H2,1-3H3,(H,22,23);1H. The number of carbonyl (C=O) groups is 1.